The molecule has 0 N–H and O–H groups in total. The van der Waals surface area contributed by atoms with Gasteiger partial charge in [0.2, 0.25) is 0 Å². The predicted molar refractivity (Wildman–Crippen MR) is 18.5 cm³/mol. The van der Waals surface area contributed by atoms with Gasteiger partial charge in [-0.25, -0.2) is 0 Å². The molecule has 0 aromatic carbocycles. The maximum atomic E-state index is 0. The van der Waals surface area contributed by atoms with Crippen molar-refractivity contribution in [3.63, 3.8) is 0 Å². The summed E-state index contributed by atoms with van der Waals surface area (Å²) in [7, 11) is 0. The SMILES string of the molecule is [AlH3].[Fe].[PbH2].[Zn]. The van der Waals surface area contributed by atoms with Crippen LogP contribution in [0.15, 0.2) is 0 Å². The van der Waals surface area contributed by atoms with Gasteiger partial charge in [0.1, 0.15) is 0 Å². The number of hydrogen-bond acceptors (Lipinski definition) is 0. The molecule has 0 aliphatic heterocycles. The molecule has 0 aliphatic carbocycles. The maximum absolute atomic E-state index is 0. The first-order valence-electron chi connectivity index (χ1n) is 0. The average Bonchev–Trinajstić information content (AvgIpc) is 0. The second-order valence-electron chi connectivity index (χ2n) is 0. The van der Waals surface area contributed by atoms with E-state index in [1.165, 1.54) is 0 Å². The van der Waals surface area contributed by atoms with Crippen LogP contribution < -0.4 is 0 Å². The molecule has 0 spiro atoms. The van der Waals surface area contributed by atoms with E-state index in [4.69, 9.17) is 0 Å². The standard InChI is InChI=1S/Al.Fe.Pb.Zn.5H. The van der Waals surface area contributed by atoms with Gasteiger partial charge in [0.25, 0.3) is 0 Å². The molecule has 0 fully saturated rings. The van der Waals surface area contributed by atoms with Crippen molar-refractivity contribution in [3.8, 4) is 0 Å². The third-order valence-corrected chi connectivity index (χ3v) is 0. The molecule has 0 saturated carbocycles. The Morgan fingerprint density at radius 3 is 1.00 bits per heavy atom. The van der Waals surface area contributed by atoms with E-state index in [9.17, 15) is 0 Å². The molecule has 0 amide bonds. The Morgan fingerprint density at radius 2 is 1.00 bits per heavy atom. The van der Waals surface area contributed by atoms with Crippen molar-refractivity contribution in [1.29, 1.82) is 0 Å². The Kier molecular flexibility index (Phi) is 134. The fraction of sp³-hybridized carbons (Fsp3) is 0. The first-order chi connectivity index (χ1) is 0. The van der Waals surface area contributed by atoms with Gasteiger partial charge < -0.3 is 0 Å². The third kappa shape index (κ3) is 8.82. The molecule has 4 heteroatoms. The van der Waals surface area contributed by atoms with Crippen molar-refractivity contribution in [2.75, 3.05) is 0 Å². The summed E-state index contributed by atoms with van der Waals surface area (Å²) >= 11 is 0. The Balaban J connectivity index is 0. The van der Waals surface area contributed by atoms with E-state index in [2.05, 4.69) is 0 Å². The average molecular weight is 360 g/mol. The smallest absolute Gasteiger partial charge is 0 e. The van der Waals surface area contributed by atoms with Crippen LogP contribution in [0.4, 0.5) is 0 Å². The van der Waals surface area contributed by atoms with Gasteiger partial charge in [-0.1, -0.05) is 0 Å². The number of rotatable bonds is 0. The van der Waals surface area contributed by atoms with E-state index >= 15 is 0 Å². The normalized spacial score (nSPS) is 0. The molecule has 0 nitrogen and oxygen atoms in total. The summed E-state index contributed by atoms with van der Waals surface area (Å²) in [5.74, 6) is 0. The Labute approximate surface area is 80.0 Å². The van der Waals surface area contributed by atoms with Gasteiger partial charge in [-0.15, -0.1) is 0 Å². The molecular formula is H5AlFePbZn. The van der Waals surface area contributed by atoms with Gasteiger partial charge in [-0.2, -0.15) is 0 Å². The first-order valence-corrected chi connectivity index (χ1v) is 0. The summed E-state index contributed by atoms with van der Waals surface area (Å²) in [6, 6.07) is 0. The molecule has 2 radical (unpaired) electrons. The molecule has 0 bridgehead atoms. The van der Waals surface area contributed by atoms with Crippen LogP contribution in [0.3, 0.4) is 0 Å². The summed E-state index contributed by atoms with van der Waals surface area (Å²) in [4.78, 5) is 0. The molecule has 0 aromatic heterocycles. The van der Waals surface area contributed by atoms with Crippen LogP contribution >= 0.6 is 0 Å². The largest absolute Gasteiger partial charge is 0 e. The summed E-state index contributed by atoms with van der Waals surface area (Å²) in [6.07, 6.45) is 0. The summed E-state index contributed by atoms with van der Waals surface area (Å²) < 4.78 is 0. The van der Waals surface area contributed by atoms with Crippen LogP contribution in [0.1, 0.15) is 0 Å². The topological polar surface area (TPSA) is 0 Å². The fourth-order valence-electron chi connectivity index (χ4n) is 0. The maximum Gasteiger partial charge on any atom is 0 e. The van der Waals surface area contributed by atoms with Gasteiger partial charge in [0.15, 0.2) is 17.4 Å². The molecule has 0 aliphatic rings. The van der Waals surface area contributed by atoms with Gasteiger partial charge in [-0.3, -0.25) is 0 Å². The minimum Gasteiger partial charge on any atom is 0 e. The second kappa shape index (κ2) is 17.5. The zero-order valence-electron chi connectivity index (χ0n) is 1.77. The Bertz CT molecular complexity index is 8.00. The van der Waals surface area contributed by atoms with Crippen molar-refractivity contribution in [2.24, 2.45) is 0 Å². The zero-order chi connectivity index (χ0) is 0. The zero-order valence-corrected chi connectivity index (χ0v) is 11.3. The predicted octanol–water partition coefficient (Wildman–Crippen LogP) is -2.11. The molecule has 0 heterocycles. The molecule has 22 valence electrons. The van der Waals surface area contributed by atoms with Crippen LogP contribution in [0.5, 0.6) is 0 Å². The van der Waals surface area contributed by atoms with E-state index in [0.717, 1.165) is 0 Å². The van der Waals surface area contributed by atoms with Crippen molar-refractivity contribution in [1.82, 2.24) is 0 Å². The van der Waals surface area contributed by atoms with Crippen LogP contribution in [-0.4, -0.2) is 44.7 Å². The van der Waals surface area contributed by atoms with E-state index in [1.54, 1.807) is 0 Å². The van der Waals surface area contributed by atoms with Gasteiger partial charge >= 0.3 is 27.3 Å². The third-order valence-electron chi connectivity index (χ3n) is 0. The van der Waals surface area contributed by atoms with E-state index in [1.807, 2.05) is 0 Å². The minimum absolute atomic E-state index is 0. The second-order valence-corrected chi connectivity index (χ2v) is 0. The number of hydrogen-bond donors (Lipinski definition) is 0. The molecule has 0 atom stereocenters. The van der Waals surface area contributed by atoms with Crippen molar-refractivity contribution >= 4 is 44.7 Å². The van der Waals surface area contributed by atoms with Gasteiger partial charge in [0.05, 0.1) is 0 Å². The van der Waals surface area contributed by atoms with Crippen molar-refractivity contribution in [2.45, 2.75) is 0 Å². The van der Waals surface area contributed by atoms with Crippen LogP contribution in [0, 0.1) is 0 Å². The van der Waals surface area contributed by atoms with Crippen molar-refractivity contribution < 1.29 is 36.5 Å². The molecule has 0 aromatic rings. The van der Waals surface area contributed by atoms with Crippen LogP contribution in [-0.2, 0) is 36.5 Å². The van der Waals surface area contributed by atoms with Gasteiger partial charge in [-0.05, 0) is 0 Å². The molecule has 4 heavy (non-hydrogen) atoms. The van der Waals surface area contributed by atoms with Gasteiger partial charge in [0, 0.05) is 36.5 Å². The molecule has 0 saturated heterocycles. The minimum atomic E-state index is 0. The van der Waals surface area contributed by atoms with E-state index in [-0.39, 0.29) is 81.2 Å². The summed E-state index contributed by atoms with van der Waals surface area (Å²) in [5, 5.41) is 0. The summed E-state index contributed by atoms with van der Waals surface area (Å²) in [5.41, 5.74) is 0. The Morgan fingerprint density at radius 1 is 1.00 bits per heavy atom. The monoisotopic (exact) mass is 360 g/mol. The Hall–Kier alpha value is 2.60. The molecule has 0 unspecified atom stereocenters. The quantitative estimate of drug-likeness (QED) is 0.434. The van der Waals surface area contributed by atoms with Crippen molar-refractivity contribution in [3.05, 3.63) is 0 Å². The van der Waals surface area contributed by atoms with E-state index < -0.39 is 0 Å². The summed E-state index contributed by atoms with van der Waals surface area (Å²) in [6.45, 7) is 0. The first kappa shape index (κ1) is 30.6. The fourth-order valence-corrected chi connectivity index (χ4v) is 0. The van der Waals surface area contributed by atoms with Crippen LogP contribution in [0.2, 0.25) is 0 Å². The molecular weight excluding hydrogens is 355 g/mol. The molecule has 0 rings (SSSR count). The van der Waals surface area contributed by atoms with E-state index in [0.29, 0.717) is 0 Å². The van der Waals surface area contributed by atoms with Crippen LogP contribution in [0.25, 0.3) is 0 Å².